The fraction of sp³-hybridized carbons (Fsp3) is 0.263. The molecule has 2 rings (SSSR count). The molecule has 2 aromatic carbocycles. The number of nitrogens with zero attached hydrogens (tertiary/aromatic N) is 2. The van der Waals surface area contributed by atoms with Gasteiger partial charge in [0, 0.05) is 6.07 Å². The number of para-hydroxylation sites is 1. The highest BCUT2D eigenvalue weighted by Gasteiger charge is 2.11. The molecule has 1 N–H and O–H groups in total. The molecule has 0 spiro atoms. The van der Waals surface area contributed by atoms with Gasteiger partial charge in [0.2, 0.25) is 0 Å². The van der Waals surface area contributed by atoms with Gasteiger partial charge in [-0.15, -0.1) is 0 Å². The summed E-state index contributed by atoms with van der Waals surface area (Å²) in [7, 11) is 0. The first-order chi connectivity index (χ1) is 12.4. The van der Waals surface area contributed by atoms with E-state index in [9.17, 15) is 14.9 Å². The Morgan fingerprint density at radius 1 is 1.31 bits per heavy atom. The average molecular weight is 355 g/mol. The van der Waals surface area contributed by atoms with Crippen LogP contribution in [0, 0.1) is 17.0 Å². The van der Waals surface area contributed by atoms with Crippen LogP contribution in [0.15, 0.2) is 47.6 Å². The second kappa shape index (κ2) is 8.75. The molecule has 26 heavy (non-hydrogen) atoms. The molecule has 0 heterocycles. The lowest BCUT2D eigenvalue weighted by molar-refractivity contribution is -0.385. The zero-order chi connectivity index (χ0) is 19.1. The summed E-state index contributed by atoms with van der Waals surface area (Å²) >= 11 is 0. The standard InChI is InChI=1S/C19H21N3O4/c1-13(2)16-9-8-14(3)10-18(16)26-12-19(23)21-20-11-15-6-4-5-7-17(15)22(24)25/h4-11,13H,12H2,1-3H3,(H,21,23)/b20-11-. The van der Waals surface area contributed by atoms with Crippen LogP contribution in [0.25, 0.3) is 0 Å². The van der Waals surface area contributed by atoms with E-state index in [4.69, 9.17) is 4.74 Å². The van der Waals surface area contributed by atoms with E-state index in [0.29, 0.717) is 11.3 Å². The molecule has 7 nitrogen and oxygen atoms in total. The Kier molecular flexibility index (Phi) is 6.43. The summed E-state index contributed by atoms with van der Waals surface area (Å²) in [6.07, 6.45) is 1.24. The molecule has 0 saturated carbocycles. The lowest BCUT2D eigenvalue weighted by atomic mass is 10.0. The first kappa shape index (κ1) is 19.1. The Bertz CT molecular complexity index is 831. The van der Waals surface area contributed by atoms with E-state index in [1.165, 1.54) is 12.3 Å². The summed E-state index contributed by atoms with van der Waals surface area (Å²) in [6, 6.07) is 12.0. The van der Waals surface area contributed by atoms with Gasteiger partial charge < -0.3 is 4.74 Å². The third-order valence-corrected chi connectivity index (χ3v) is 3.68. The highest BCUT2D eigenvalue weighted by atomic mass is 16.6. The van der Waals surface area contributed by atoms with Crippen LogP contribution in [0.4, 0.5) is 5.69 Å². The molecule has 0 saturated heterocycles. The summed E-state index contributed by atoms with van der Waals surface area (Å²) in [4.78, 5) is 22.3. The number of benzene rings is 2. The number of carbonyl (C=O) groups is 1. The van der Waals surface area contributed by atoms with Crippen molar-refractivity contribution in [2.24, 2.45) is 5.10 Å². The first-order valence-electron chi connectivity index (χ1n) is 8.17. The predicted molar refractivity (Wildman–Crippen MR) is 99.6 cm³/mol. The normalized spacial score (nSPS) is 10.9. The van der Waals surface area contributed by atoms with Crippen molar-refractivity contribution in [3.8, 4) is 5.75 Å². The zero-order valence-corrected chi connectivity index (χ0v) is 14.9. The van der Waals surface area contributed by atoms with Crippen molar-refractivity contribution in [2.75, 3.05) is 6.61 Å². The lowest BCUT2D eigenvalue weighted by Crippen LogP contribution is -2.25. The number of hydrogen-bond acceptors (Lipinski definition) is 5. The second-order valence-corrected chi connectivity index (χ2v) is 6.09. The van der Waals surface area contributed by atoms with Crippen LogP contribution in [-0.4, -0.2) is 23.7 Å². The number of hydrazone groups is 1. The van der Waals surface area contributed by atoms with Gasteiger partial charge in [-0.2, -0.15) is 5.10 Å². The lowest BCUT2D eigenvalue weighted by Gasteiger charge is -2.14. The van der Waals surface area contributed by atoms with Gasteiger partial charge in [-0.25, -0.2) is 5.43 Å². The molecule has 0 aliphatic heterocycles. The molecule has 0 aliphatic carbocycles. The van der Waals surface area contributed by atoms with Crippen molar-refractivity contribution in [1.29, 1.82) is 0 Å². The number of aryl methyl sites for hydroxylation is 1. The van der Waals surface area contributed by atoms with Gasteiger partial charge in [0.15, 0.2) is 6.61 Å². The maximum Gasteiger partial charge on any atom is 0.278 e. The van der Waals surface area contributed by atoms with Crippen LogP contribution in [0.2, 0.25) is 0 Å². The number of carbonyl (C=O) groups excluding carboxylic acids is 1. The van der Waals surface area contributed by atoms with Crippen LogP contribution in [0.1, 0.15) is 36.5 Å². The predicted octanol–water partition coefficient (Wildman–Crippen LogP) is 3.56. The van der Waals surface area contributed by atoms with Crippen molar-refractivity contribution in [3.05, 3.63) is 69.3 Å². The second-order valence-electron chi connectivity index (χ2n) is 6.09. The maximum atomic E-state index is 11.9. The number of rotatable bonds is 7. The van der Waals surface area contributed by atoms with Crippen LogP contribution < -0.4 is 10.2 Å². The fourth-order valence-corrected chi connectivity index (χ4v) is 2.36. The zero-order valence-electron chi connectivity index (χ0n) is 14.9. The van der Waals surface area contributed by atoms with Crippen LogP contribution in [-0.2, 0) is 4.79 Å². The summed E-state index contributed by atoms with van der Waals surface area (Å²) in [5, 5.41) is 14.7. The van der Waals surface area contributed by atoms with Crippen LogP contribution in [0.3, 0.4) is 0 Å². The topological polar surface area (TPSA) is 93.8 Å². The van der Waals surface area contributed by atoms with E-state index in [2.05, 4.69) is 24.4 Å². The number of nitro groups is 1. The third-order valence-electron chi connectivity index (χ3n) is 3.68. The molecule has 0 aliphatic rings. The summed E-state index contributed by atoms with van der Waals surface area (Å²) in [5.41, 5.74) is 4.60. The van der Waals surface area contributed by atoms with E-state index < -0.39 is 10.8 Å². The minimum absolute atomic E-state index is 0.0805. The van der Waals surface area contributed by atoms with Crippen molar-refractivity contribution >= 4 is 17.8 Å². The molecule has 0 atom stereocenters. The molecule has 2 aromatic rings. The molecule has 1 amide bonds. The van der Waals surface area contributed by atoms with Crippen molar-refractivity contribution in [1.82, 2.24) is 5.43 Å². The molecular weight excluding hydrogens is 334 g/mol. The van der Waals surface area contributed by atoms with Gasteiger partial charge >= 0.3 is 0 Å². The Morgan fingerprint density at radius 2 is 2.04 bits per heavy atom. The highest BCUT2D eigenvalue weighted by molar-refractivity contribution is 5.86. The van der Waals surface area contributed by atoms with E-state index in [-0.39, 0.29) is 18.2 Å². The molecule has 136 valence electrons. The molecule has 0 aromatic heterocycles. The molecular formula is C19H21N3O4. The highest BCUT2D eigenvalue weighted by Crippen LogP contribution is 2.27. The van der Waals surface area contributed by atoms with E-state index in [1.807, 2.05) is 25.1 Å². The molecule has 7 heteroatoms. The third kappa shape index (κ3) is 5.14. The Labute approximate surface area is 151 Å². The monoisotopic (exact) mass is 355 g/mol. The van der Waals surface area contributed by atoms with Crippen LogP contribution >= 0.6 is 0 Å². The number of ether oxygens (including phenoxy) is 1. The minimum Gasteiger partial charge on any atom is -0.483 e. The first-order valence-corrected chi connectivity index (χ1v) is 8.17. The Hall–Kier alpha value is -3.22. The summed E-state index contributed by atoms with van der Waals surface area (Å²) in [5.74, 6) is 0.485. The van der Waals surface area contributed by atoms with E-state index in [0.717, 1.165) is 11.1 Å². The molecule has 0 bridgehead atoms. The van der Waals surface area contributed by atoms with Gasteiger partial charge in [-0.3, -0.25) is 14.9 Å². The van der Waals surface area contributed by atoms with Crippen molar-refractivity contribution in [3.63, 3.8) is 0 Å². The maximum absolute atomic E-state index is 11.9. The summed E-state index contributed by atoms with van der Waals surface area (Å²) < 4.78 is 5.61. The summed E-state index contributed by atoms with van der Waals surface area (Å²) in [6.45, 7) is 5.86. The largest absolute Gasteiger partial charge is 0.483 e. The minimum atomic E-state index is -0.503. The van der Waals surface area contributed by atoms with Gasteiger partial charge in [-0.05, 0) is 36.1 Å². The van der Waals surface area contributed by atoms with E-state index >= 15 is 0 Å². The Balaban J connectivity index is 1.96. The van der Waals surface area contributed by atoms with Crippen LogP contribution in [0.5, 0.6) is 5.75 Å². The van der Waals surface area contributed by atoms with Gasteiger partial charge in [-0.1, -0.05) is 38.1 Å². The molecule has 0 radical (unpaired) electrons. The van der Waals surface area contributed by atoms with Crippen molar-refractivity contribution < 1.29 is 14.5 Å². The van der Waals surface area contributed by atoms with Gasteiger partial charge in [0.25, 0.3) is 11.6 Å². The quantitative estimate of drug-likeness (QED) is 0.467. The molecule has 0 fully saturated rings. The van der Waals surface area contributed by atoms with E-state index in [1.54, 1.807) is 18.2 Å². The number of nitro benzene ring substituents is 1. The number of amides is 1. The van der Waals surface area contributed by atoms with Gasteiger partial charge in [0.05, 0.1) is 16.7 Å². The van der Waals surface area contributed by atoms with Gasteiger partial charge in [0.1, 0.15) is 5.75 Å². The number of hydrogen-bond donors (Lipinski definition) is 1. The fourth-order valence-electron chi connectivity index (χ4n) is 2.36. The SMILES string of the molecule is Cc1ccc(C(C)C)c(OCC(=O)N/N=C\c2ccccc2[N+](=O)[O-])c1. The Morgan fingerprint density at radius 3 is 2.73 bits per heavy atom. The van der Waals surface area contributed by atoms with Crippen molar-refractivity contribution in [2.45, 2.75) is 26.7 Å². The smallest absolute Gasteiger partial charge is 0.278 e. The average Bonchev–Trinajstić information content (AvgIpc) is 2.60. The molecule has 0 unspecified atom stereocenters. The number of nitrogens with one attached hydrogen (secondary N) is 1.